The molecule has 2 aliphatic rings. The van der Waals surface area contributed by atoms with Crippen LogP contribution in [0.15, 0.2) is 10.5 Å². The summed E-state index contributed by atoms with van der Waals surface area (Å²) in [5.74, 6) is 2.06. The fourth-order valence-corrected chi connectivity index (χ4v) is 3.08. The zero-order chi connectivity index (χ0) is 14.3. The molecule has 2 aliphatic carbocycles. The van der Waals surface area contributed by atoms with Crippen LogP contribution in [0, 0.1) is 12.3 Å². The van der Waals surface area contributed by atoms with E-state index in [0.29, 0.717) is 12.6 Å². The van der Waals surface area contributed by atoms with Crippen LogP contribution in [0.5, 0.6) is 0 Å². The Morgan fingerprint density at radius 1 is 1.45 bits per heavy atom. The van der Waals surface area contributed by atoms with Crippen molar-refractivity contribution in [2.75, 3.05) is 6.54 Å². The summed E-state index contributed by atoms with van der Waals surface area (Å²) in [6.07, 6.45) is 4.32. The number of aryl methyl sites for hydroxylation is 1. The van der Waals surface area contributed by atoms with Gasteiger partial charge in [0, 0.05) is 18.0 Å². The predicted octanol–water partition coefficient (Wildman–Crippen LogP) is 2.47. The number of fused-ring (bicyclic) bond motifs is 1. The molecule has 20 heavy (non-hydrogen) atoms. The quantitative estimate of drug-likeness (QED) is 0.888. The van der Waals surface area contributed by atoms with E-state index in [-0.39, 0.29) is 17.4 Å². The van der Waals surface area contributed by atoms with Crippen LogP contribution < -0.4 is 10.6 Å². The molecule has 1 aromatic heterocycles. The van der Waals surface area contributed by atoms with Crippen LogP contribution in [-0.2, 0) is 11.2 Å². The maximum atomic E-state index is 12.1. The second-order valence-electron chi connectivity index (χ2n) is 7.06. The Hall–Kier alpha value is -1.29. The second kappa shape index (κ2) is 4.92. The number of hydrogen-bond acceptors (Lipinski definition) is 3. The van der Waals surface area contributed by atoms with E-state index in [2.05, 4.69) is 30.5 Å². The number of furan rings is 1. The highest BCUT2D eigenvalue weighted by Gasteiger charge is 2.35. The molecule has 1 heterocycles. The monoisotopic (exact) mass is 276 g/mol. The zero-order valence-electron chi connectivity index (χ0n) is 12.6. The average Bonchev–Trinajstić information content (AvgIpc) is 3.08. The predicted molar refractivity (Wildman–Crippen MR) is 77.5 cm³/mol. The zero-order valence-corrected chi connectivity index (χ0v) is 12.6. The van der Waals surface area contributed by atoms with Crippen LogP contribution in [0.25, 0.3) is 0 Å². The van der Waals surface area contributed by atoms with E-state index in [0.717, 1.165) is 24.4 Å². The van der Waals surface area contributed by atoms with Gasteiger partial charge in [-0.3, -0.25) is 4.79 Å². The molecule has 1 unspecified atom stereocenters. The second-order valence-corrected chi connectivity index (χ2v) is 7.06. The molecule has 1 aromatic rings. The molecule has 4 heteroatoms. The molecule has 0 aromatic carbocycles. The van der Waals surface area contributed by atoms with Crippen molar-refractivity contribution in [2.24, 2.45) is 5.41 Å². The van der Waals surface area contributed by atoms with Gasteiger partial charge in [0.15, 0.2) is 0 Å². The first-order valence-corrected chi connectivity index (χ1v) is 7.55. The average molecular weight is 276 g/mol. The molecule has 1 saturated carbocycles. The van der Waals surface area contributed by atoms with E-state index in [1.54, 1.807) is 0 Å². The molecule has 110 valence electrons. The lowest BCUT2D eigenvalue weighted by Gasteiger charge is -2.34. The maximum Gasteiger partial charge on any atom is 0.234 e. The molecule has 2 N–H and O–H groups in total. The lowest BCUT2D eigenvalue weighted by atomic mass is 9.74. The van der Waals surface area contributed by atoms with E-state index in [4.69, 9.17) is 4.42 Å². The smallest absolute Gasteiger partial charge is 0.234 e. The minimum atomic E-state index is 0.0831. The summed E-state index contributed by atoms with van der Waals surface area (Å²) in [4.78, 5) is 12.1. The number of nitrogens with one attached hydrogen (secondary N) is 2. The van der Waals surface area contributed by atoms with Crippen molar-refractivity contribution in [3.8, 4) is 0 Å². The third-order valence-corrected chi connectivity index (χ3v) is 4.20. The van der Waals surface area contributed by atoms with Gasteiger partial charge in [0.2, 0.25) is 5.91 Å². The highest BCUT2D eigenvalue weighted by atomic mass is 16.3. The summed E-state index contributed by atoms with van der Waals surface area (Å²) in [7, 11) is 0. The first-order valence-electron chi connectivity index (χ1n) is 7.55. The van der Waals surface area contributed by atoms with Crippen molar-refractivity contribution in [1.29, 1.82) is 0 Å². The standard InChI is InChI=1S/C16H24N2O2/c1-10-6-12-13(7-16(2,3)8-14(12)20-10)18-15(19)9-17-11-4-5-11/h6,11,13,17H,4-5,7-9H2,1-3H3,(H,18,19). The normalized spacial score (nSPS) is 24.2. The van der Waals surface area contributed by atoms with E-state index >= 15 is 0 Å². The summed E-state index contributed by atoms with van der Waals surface area (Å²) in [5.41, 5.74) is 1.33. The molecular formula is C16H24N2O2. The van der Waals surface area contributed by atoms with Gasteiger partial charge in [-0.15, -0.1) is 0 Å². The maximum absolute atomic E-state index is 12.1. The largest absolute Gasteiger partial charge is 0.466 e. The van der Waals surface area contributed by atoms with E-state index in [1.807, 2.05) is 6.92 Å². The molecule has 3 rings (SSSR count). The minimum Gasteiger partial charge on any atom is -0.466 e. The Balaban J connectivity index is 1.69. The van der Waals surface area contributed by atoms with Crippen molar-refractivity contribution in [3.63, 3.8) is 0 Å². The summed E-state index contributed by atoms with van der Waals surface area (Å²) >= 11 is 0. The van der Waals surface area contributed by atoms with E-state index in [9.17, 15) is 4.79 Å². The highest BCUT2D eigenvalue weighted by molar-refractivity contribution is 5.78. The first kappa shape index (κ1) is 13.7. The van der Waals surface area contributed by atoms with Gasteiger partial charge < -0.3 is 15.1 Å². The lowest BCUT2D eigenvalue weighted by Crippen LogP contribution is -2.40. The number of amides is 1. The number of carbonyl (C=O) groups is 1. The van der Waals surface area contributed by atoms with Gasteiger partial charge in [0.25, 0.3) is 0 Å². The SMILES string of the molecule is Cc1cc2c(o1)CC(C)(C)CC2NC(=O)CNC1CC1. The minimum absolute atomic E-state index is 0.0831. The van der Waals surface area contributed by atoms with Crippen LogP contribution >= 0.6 is 0 Å². The Labute approximate surface area is 120 Å². The van der Waals surface area contributed by atoms with E-state index < -0.39 is 0 Å². The number of rotatable bonds is 4. The summed E-state index contributed by atoms with van der Waals surface area (Å²) < 4.78 is 5.79. The van der Waals surface area contributed by atoms with Crippen LogP contribution in [0.1, 0.15) is 56.2 Å². The van der Waals surface area contributed by atoms with Gasteiger partial charge >= 0.3 is 0 Å². The lowest BCUT2D eigenvalue weighted by molar-refractivity contribution is -0.121. The Kier molecular flexibility index (Phi) is 3.36. The van der Waals surface area contributed by atoms with Gasteiger partial charge in [-0.1, -0.05) is 13.8 Å². The van der Waals surface area contributed by atoms with Crippen LogP contribution in [-0.4, -0.2) is 18.5 Å². The summed E-state index contributed by atoms with van der Waals surface area (Å²) in [6.45, 7) is 6.86. The molecule has 1 atom stereocenters. The third kappa shape index (κ3) is 3.06. The van der Waals surface area contributed by atoms with Crippen LogP contribution in [0.2, 0.25) is 0 Å². The highest BCUT2D eigenvalue weighted by Crippen LogP contribution is 2.41. The van der Waals surface area contributed by atoms with Gasteiger partial charge in [0.05, 0.1) is 12.6 Å². The Morgan fingerprint density at radius 2 is 2.20 bits per heavy atom. The van der Waals surface area contributed by atoms with Gasteiger partial charge in [-0.25, -0.2) is 0 Å². The van der Waals surface area contributed by atoms with Crippen molar-refractivity contribution < 1.29 is 9.21 Å². The molecule has 1 fully saturated rings. The molecule has 1 amide bonds. The molecule has 0 spiro atoms. The van der Waals surface area contributed by atoms with Crippen LogP contribution in [0.4, 0.5) is 0 Å². The molecule has 0 bridgehead atoms. The molecule has 0 saturated heterocycles. The fourth-order valence-electron chi connectivity index (χ4n) is 3.08. The number of carbonyl (C=O) groups excluding carboxylic acids is 1. The van der Waals surface area contributed by atoms with Gasteiger partial charge in [0.1, 0.15) is 11.5 Å². The van der Waals surface area contributed by atoms with Crippen molar-refractivity contribution >= 4 is 5.91 Å². The topological polar surface area (TPSA) is 54.3 Å². The van der Waals surface area contributed by atoms with E-state index in [1.165, 1.54) is 18.4 Å². The van der Waals surface area contributed by atoms with Crippen LogP contribution in [0.3, 0.4) is 0 Å². The van der Waals surface area contributed by atoms with Crippen molar-refractivity contribution in [1.82, 2.24) is 10.6 Å². The van der Waals surface area contributed by atoms with Crippen molar-refractivity contribution in [3.05, 3.63) is 23.2 Å². The molecular weight excluding hydrogens is 252 g/mol. The Morgan fingerprint density at radius 3 is 2.90 bits per heavy atom. The van der Waals surface area contributed by atoms with Gasteiger partial charge in [-0.2, -0.15) is 0 Å². The molecule has 0 radical (unpaired) electrons. The van der Waals surface area contributed by atoms with Crippen molar-refractivity contribution in [2.45, 2.75) is 58.5 Å². The third-order valence-electron chi connectivity index (χ3n) is 4.20. The summed E-state index contributed by atoms with van der Waals surface area (Å²) in [5, 5.41) is 6.43. The Bertz CT molecular complexity index is 515. The molecule has 4 nitrogen and oxygen atoms in total. The molecule has 0 aliphatic heterocycles. The first-order chi connectivity index (χ1) is 9.43. The fraction of sp³-hybridized carbons (Fsp3) is 0.688. The van der Waals surface area contributed by atoms with Gasteiger partial charge in [-0.05, 0) is 37.7 Å². The number of hydrogen-bond donors (Lipinski definition) is 2. The summed E-state index contributed by atoms with van der Waals surface area (Å²) in [6, 6.07) is 2.72.